The van der Waals surface area contributed by atoms with E-state index in [0.29, 0.717) is 24.0 Å². The van der Waals surface area contributed by atoms with Crippen LogP contribution in [0, 0.1) is 5.82 Å². The summed E-state index contributed by atoms with van der Waals surface area (Å²) in [6, 6.07) is 4.74. The minimum absolute atomic E-state index is 0.155. The van der Waals surface area contributed by atoms with Gasteiger partial charge in [-0.15, -0.1) is 0 Å². The molecule has 1 aliphatic carbocycles. The van der Waals surface area contributed by atoms with Crippen molar-refractivity contribution in [2.75, 3.05) is 0 Å². The van der Waals surface area contributed by atoms with Gasteiger partial charge < -0.3 is 0 Å². The fraction of sp³-hybridized carbons (Fsp3) is 0.333. The first-order valence-corrected chi connectivity index (χ1v) is 5.26. The Bertz CT molecular complexity index is 512. The lowest BCUT2D eigenvalue weighted by molar-refractivity contribution is -0.126. The molecule has 0 radical (unpaired) electrons. The van der Waals surface area contributed by atoms with Crippen molar-refractivity contribution in [3.05, 3.63) is 35.1 Å². The Kier molecular flexibility index (Phi) is 1.73. The largest absolute Gasteiger partial charge is 0.296 e. The van der Waals surface area contributed by atoms with Crippen molar-refractivity contribution in [1.29, 1.82) is 0 Å². The number of carbonyl (C=O) groups excluding carboxylic acids is 2. The number of benzene rings is 1. The number of nitrogens with one attached hydrogen (secondary N) is 1. The zero-order chi connectivity index (χ0) is 11.3. The van der Waals surface area contributed by atoms with Crippen LogP contribution in [0.5, 0.6) is 0 Å². The lowest BCUT2D eigenvalue weighted by Gasteiger charge is -2.19. The lowest BCUT2D eigenvalue weighted by Crippen LogP contribution is -2.33. The fourth-order valence-corrected chi connectivity index (χ4v) is 2.80. The first kappa shape index (κ1) is 9.51. The van der Waals surface area contributed by atoms with Gasteiger partial charge in [0.2, 0.25) is 11.8 Å². The summed E-state index contributed by atoms with van der Waals surface area (Å²) in [7, 11) is 0. The summed E-state index contributed by atoms with van der Waals surface area (Å²) < 4.78 is 13.5. The molecule has 2 amide bonds. The third-order valence-corrected chi connectivity index (χ3v) is 3.59. The van der Waals surface area contributed by atoms with Crippen LogP contribution in [0.4, 0.5) is 4.39 Å². The van der Waals surface area contributed by atoms with E-state index in [1.165, 1.54) is 6.07 Å². The summed E-state index contributed by atoms with van der Waals surface area (Å²) in [6.07, 6.45) is 1.21. The molecule has 1 N–H and O–H groups in total. The van der Waals surface area contributed by atoms with Crippen LogP contribution in [0.25, 0.3) is 0 Å². The van der Waals surface area contributed by atoms with Gasteiger partial charge in [0.25, 0.3) is 0 Å². The van der Waals surface area contributed by atoms with Gasteiger partial charge in [0.1, 0.15) is 5.82 Å². The minimum atomic E-state index is -0.797. The molecule has 1 atom stereocenters. The summed E-state index contributed by atoms with van der Waals surface area (Å²) in [5.41, 5.74) is 0.484. The van der Waals surface area contributed by atoms with E-state index in [0.717, 1.165) is 0 Å². The normalized spacial score (nSPS) is 27.3. The second kappa shape index (κ2) is 2.90. The van der Waals surface area contributed by atoms with E-state index in [4.69, 9.17) is 0 Å². The molecule has 1 aliphatic heterocycles. The molecule has 82 valence electrons. The molecule has 0 aromatic heterocycles. The Morgan fingerprint density at radius 1 is 1.31 bits per heavy atom. The molecular weight excluding hydrogens is 209 g/mol. The maximum absolute atomic E-state index is 13.5. The number of amides is 2. The molecule has 16 heavy (non-hydrogen) atoms. The van der Waals surface area contributed by atoms with E-state index in [2.05, 4.69) is 5.32 Å². The average Bonchev–Trinajstić information content (AvgIpc) is 2.72. The standard InChI is InChI=1S/C12H10FNO2/c13-9-3-1-2-8-7(9)4-5-12(8)6-10(15)14-11(12)16/h1-3H,4-6H2,(H,14,15,16). The van der Waals surface area contributed by atoms with E-state index < -0.39 is 5.41 Å². The number of halogens is 1. The Balaban J connectivity index is 2.19. The molecule has 1 spiro atoms. The summed E-state index contributed by atoms with van der Waals surface area (Å²) >= 11 is 0. The van der Waals surface area contributed by atoms with Crippen molar-refractivity contribution >= 4 is 11.8 Å². The van der Waals surface area contributed by atoms with Gasteiger partial charge in [0, 0.05) is 6.42 Å². The molecule has 3 nitrogen and oxygen atoms in total. The Labute approximate surface area is 91.6 Å². The van der Waals surface area contributed by atoms with Crippen molar-refractivity contribution in [1.82, 2.24) is 5.32 Å². The van der Waals surface area contributed by atoms with Crippen molar-refractivity contribution < 1.29 is 14.0 Å². The summed E-state index contributed by atoms with van der Waals surface area (Å²) in [4.78, 5) is 23.1. The van der Waals surface area contributed by atoms with Crippen molar-refractivity contribution in [2.24, 2.45) is 0 Å². The highest BCUT2D eigenvalue weighted by atomic mass is 19.1. The highest BCUT2D eigenvalue weighted by Crippen LogP contribution is 2.44. The molecule has 1 unspecified atom stereocenters. The number of hydrogen-bond acceptors (Lipinski definition) is 2. The molecule has 1 heterocycles. The SMILES string of the molecule is O=C1CC2(CCc3c(F)cccc32)C(=O)N1. The zero-order valence-electron chi connectivity index (χ0n) is 8.55. The monoisotopic (exact) mass is 219 g/mol. The summed E-state index contributed by atoms with van der Waals surface area (Å²) in [5, 5.41) is 2.31. The third-order valence-electron chi connectivity index (χ3n) is 3.59. The minimum Gasteiger partial charge on any atom is -0.296 e. The van der Waals surface area contributed by atoms with Crippen LogP contribution in [0.15, 0.2) is 18.2 Å². The van der Waals surface area contributed by atoms with Gasteiger partial charge in [-0.25, -0.2) is 4.39 Å². The Morgan fingerprint density at radius 3 is 2.81 bits per heavy atom. The topological polar surface area (TPSA) is 46.2 Å². The van der Waals surface area contributed by atoms with Gasteiger partial charge in [-0.3, -0.25) is 14.9 Å². The van der Waals surface area contributed by atoms with Crippen molar-refractivity contribution in [3.63, 3.8) is 0 Å². The molecule has 0 saturated carbocycles. The van der Waals surface area contributed by atoms with Crippen LogP contribution in [0.1, 0.15) is 24.0 Å². The number of fused-ring (bicyclic) bond motifs is 2. The first-order valence-electron chi connectivity index (χ1n) is 5.26. The predicted molar refractivity (Wildman–Crippen MR) is 54.2 cm³/mol. The number of hydrogen-bond donors (Lipinski definition) is 1. The molecule has 3 rings (SSSR count). The van der Waals surface area contributed by atoms with Crippen molar-refractivity contribution in [2.45, 2.75) is 24.7 Å². The van der Waals surface area contributed by atoms with E-state index in [-0.39, 0.29) is 24.1 Å². The second-order valence-corrected chi connectivity index (χ2v) is 4.40. The van der Waals surface area contributed by atoms with Crippen LogP contribution in [-0.4, -0.2) is 11.8 Å². The molecule has 1 fully saturated rings. The lowest BCUT2D eigenvalue weighted by atomic mass is 9.80. The molecule has 1 saturated heterocycles. The average molecular weight is 219 g/mol. The van der Waals surface area contributed by atoms with Crippen LogP contribution in [0.3, 0.4) is 0 Å². The van der Waals surface area contributed by atoms with Gasteiger partial charge in [0.05, 0.1) is 5.41 Å². The van der Waals surface area contributed by atoms with Gasteiger partial charge in [-0.1, -0.05) is 12.1 Å². The predicted octanol–water partition coefficient (Wildman–Crippen LogP) is 1.06. The van der Waals surface area contributed by atoms with Gasteiger partial charge in [-0.05, 0) is 30.0 Å². The number of carbonyl (C=O) groups is 2. The molecular formula is C12H10FNO2. The Hall–Kier alpha value is -1.71. The van der Waals surface area contributed by atoms with Crippen LogP contribution < -0.4 is 5.32 Å². The van der Waals surface area contributed by atoms with Gasteiger partial charge in [-0.2, -0.15) is 0 Å². The molecule has 1 aromatic rings. The summed E-state index contributed by atoms with van der Waals surface area (Å²) in [5.74, 6) is -0.814. The Morgan fingerprint density at radius 2 is 2.12 bits per heavy atom. The molecule has 1 aromatic carbocycles. The highest BCUT2D eigenvalue weighted by molar-refractivity contribution is 6.09. The number of imide groups is 1. The molecule has 0 bridgehead atoms. The van der Waals surface area contributed by atoms with Gasteiger partial charge in [0.15, 0.2) is 0 Å². The highest BCUT2D eigenvalue weighted by Gasteiger charge is 2.51. The van der Waals surface area contributed by atoms with Crippen LogP contribution in [-0.2, 0) is 21.4 Å². The maximum atomic E-state index is 13.5. The second-order valence-electron chi connectivity index (χ2n) is 4.40. The quantitative estimate of drug-likeness (QED) is 0.663. The van der Waals surface area contributed by atoms with Gasteiger partial charge >= 0.3 is 0 Å². The van der Waals surface area contributed by atoms with E-state index in [9.17, 15) is 14.0 Å². The smallest absolute Gasteiger partial charge is 0.237 e. The molecule has 4 heteroatoms. The number of rotatable bonds is 0. The van der Waals surface area contributed by atoms with E-state index in [1.54, 1.807) is 12.1 Å². The summed E-state index contributed by atoms with van der Waals surface area (Å²) in [6.45, 7) is 0. The van der Waals surface area contributed by atoms with E-state index in [1.807, 2.05) is 0 Å². The molecule has 2 aliphatic rings. The van der Waals surface area contributed by atoms with Crippen LogP contribution >= 0.6 is 0 Å². The van der Waals surface area contributed by atoms with Crippen LogP contribution in [0.2, 0.25) is 0 Å². The fourth-order valence-electron chi connectivity index (χ4n) is 2.80. The van der Waals surface area contributed by atoms with E-state index >= 15 is 0 Å². The first-order chi connectivity index (χ1) is 7.63. The third kappa shape index (κ3) is 1.01. The zero-order valence-corrected chi connectivity index (χ0v) is 8.55. The van der Waals surface area contributed by atoms with Crippen molar-refractivity contribution in [3.8, 4) is 0 Å². The maximum Gasteiger partial charge on any atom is 0.237 e.